The number of aromatic nitrogens is 1. The second-order valence-corrected chi connectivity index (χ2v) is 6.25. The van der Waals surface area contributed by atoms with Gasteiger partial charge in [-0.1, -0.05) is 24.3 Å². The van der Waals surface area contributed by atoms with Crippen molar-refractivity contribution in [1.29, 1.82) is 0 Å². The highest BCUT2D eigenvalue weighted by atomic mass is 16.5. The zero-order valence-electron chi connectivity index (χ0n) is 13.6. The summed E-state index contributed by atoms with van der Waals surface area (Å²) >= 11 is 0. The third-order valence-electron chi connectivity index (χ3n) is 4.76. The number of hydrogen-bond acceptors (Lipinski definition) is 4. The molecule has 0 aliphatic carbocycles. The Morgan fingerprint density at radius 2 is 1.79 bits per heavy atom. The van der Waals surface area contributed by atoms with Gasteiger partial charge in [0.15, 0.2) is 0 Å². The van der Waals surface area contributed by atoms with Gasteiger partial charge in [0, 0.05) is 26.2 Å². The summed E-state index contributed by atoms with van der Waals surface area (Å²) in [5.74, 6) is -0.00570. The van der Waals surface area contributed by atoms with Gasteiger partial charge in [0.25, 0.3) is 5.91 Å². The van der Waals surface area contributed by atoms with Gasteiger partial charge >= 0.3 is 0 Å². The van der Waals surface area contributed by atoms with Gasteiger partial charge in [-0.3, -0.25) is 4.79 Å². The van der Waals surface area contributed by atoms with E-state index in [0.29, 0.717) is 32.0 Å². The molecule has 1 fully saturated rings. The normalized spacial score (nSPS) is 17.5. The number of carbonyl (C=O) groups excluding carboxylic acids is 1. The zero-order chi connectivity index (χ0) is 16.4. The van der Waals surface area contributed by atoms with E-state index in [-0.39, 0.29) is 5.91 Å². The van der Waals surface area contributed by atoms with Crippen LogP contribution in [0.25, 0.3) is 0 Å². The van der Waals surface area contributed by atoms with Gasteiger partial charge in [0.05, 0.1) is 25.1 Å². The van der Waals surface area contributed by atoms with Crippen LogP contribution in [0.4, 0.5) is 5.69 Å². The number of pyridine rings is 1. The largest absolute Gasteiger partial charge is 0.378 e. The molecule has 0 radical (unpaired) electrons. The number of benzene rings is 1. The first kappa shape index (κ1) is 15.1. The topological polar surface area (TPSA) is 45.7 Å². The van der Waals surface area contributed by atoms with Crippen LogP contribution in [0.2, 0.25) is 0 Å². The fraction of sp³-hybridized carbons (Fsp3) is 0.368. The molecule has 0 unspecified atom stereocenters. The molecule has 4 rings (SSSR count). The molecule has 124 valence electrons. The number of amides is 1. The Bertz CT molecular complexity index is 724. The highest BCUT2D eigenvalue weighted by Gasteiger charge is 2.21. The minimum absolute atomic E-state index is 0.00570. The predicted molar refractivity (Wildman–Crippen MR) is 92.2 cm³/mol. The number of nitrogens with zero attached hydrogens (tertiary/aromatic N) is 3. The van der Waals surface area contributed by atoms with E-state index in [2.05, 4.69) is 34.1 Å². The second-order valence-electron chi connectivity index (χ2n) is 6.25. The second kappa shape index (κ2) is 6.61. The zero-order valence-corrected chi connectivity index (χ0v) is 13.6. The smallest absolute Gasteiger partial charge is 0.272 e. The average Bonchev–Trinajstić information content (AvgIpc) is 2.68. The van der Waals surface area contributed by atoms with E-state index >= 15 is 0 Å². The minimum atomic E-state index is -0.00570. The monoisotopic (exact) mass is 323 g/mol. The van der Waals surface area contributed by atoms with Crippen molar-refractivity contribution >= 4 is 11.6 Å². The molecule has 24 heavy (non-hydrogen) atoms. The van der Waals surface area contributed by atoms with Crippen LogP contribution in [0, 0.1) is 0 Å². The number of carbonyl (C=O) groups is 1. The van der Waals surface area contributed by atoms with E-state index in [1.807, 2.05) is 23.2 Å². The van der Waals surface area contributed by atoms with Crippen LogP contribution >= 0.6 is 0 Å². The van der Waals surface area contributed by atoms with Gasteiger partial charge in [0.2, 0.25) is 0 Å². The highest BCUT2D eigenvalue weighted by Crippen LogP contribution is 2.24. The van der Waals surface area contributed by atoms with Gasteiger partial charge in [-0.15, -0.1) is 0 Å². The van der Waals surface area contributed by atoms with E-state index in [4.69, 9.17) is 4.74 Å². The Morgan fingerprint density at radius 3 is 2.54 bits per heavy atom. The van der Waals surface area contributed by atoms with Crippen molar-refractivity contribution < 1.29 is 9.53 Å². The maximum absolute atomic E-state index is 12.4. The molecule has 2 aliphatic rings. The van der Waals surface area contributed by atoms with Crippen molar-refractivity contribution in [2.45, 2.75) is 13.0 Å². The van der Waals surface area contributed by atoms with Crippen molar-refractivity contribution in [3.05, 3.63) is 59.4 Å². The number of rotatable bonds is 2. The predicted octanol–water partition coefficient (Wildman–Crippen LogP) is 2.12. The maximum Gasteiger partial charge on any atom is 0.272 e. The fourth-order valence-corrected chi connectivity index (χ4v) is 3.34. The third-order valence-corrected chi connectivity index (χ3v) is 4.76. The van der Waals surface area contributed by atoms with Crippen molar-refractivity contribution in [3.8, 4) is 0 Å². The summed E-state index contributed by atoms with van der Waals surface area (Å²) in [5.41, 5.74) is 4.39. The number of anilines is 1. The Kier molecular flexibility index (Phi) is 4.17. The van der Waals surface area contributed by atoms with Crippen LogP contribution in [0.5, 0.6) is 0 Å². The van der Waals surface area contributed by atoms with Crippen LogP contribution in [0.3, 0.4) is 0 Å². The molecule has 0 spiro atoms. The molecule has 1 amide bonds. The standard InChI is InChI=1S/C19H21N3O2/c23-19(21-9-11-24-12-10-21)18-6-5-17(13-20-18)22-8-7-15-3-1-2-4-16(15)14-22/h1-6,13H,7-12,14H2. The summed E-state index contributed by atoms with van der Waals surface area (Å²) in [6.07, 6.45) is 2.87. The van der Waals surface area contributed by atoms with E-state index in [9.17, 15) is 4.79 Å². The SMILES string of the molecule is O=C(c1ccc(N2CCc3ccccc3C2)cn1)N1CCOCC1. The summed E-state index contributed by atoms with van der Waals surface area (Å²) in [6, 6.07) is 12.4. The Hall–Kier alpha value is -2.40. The van der Waals surface area contributed by atoms with Crippen molar-refractivity contribution in [2.24, 2.45) is 0 Å². The van der Waals surface area contributed by atoms with E-state index in [1.165, 1.54) is 11.1 Å². The molecule has 1 aromatic heterocycles. The van der Waals surface area contributed by atoms with E-state index in [1.54, 1.807) is 0 Å². The lowest BCUT2D eigenvalue weighted by molar-refractivity contribution is 0.0299. The molecule has 0 bridgehead atoms. The van der Waals surface area contributed by atoms with Gasteiger partial charge < -0.3 is 14.5 Å². The molecule has 1 aromatic carbocycles. The first-order valence-electron chi connectivity index (χ1n) is 8.46. The molecule has 5 heteroatoms. The van der Waals surface area contributed by atoms with Crippen LogP contribution in [-0.4, -0.2) is 48.6 Å². The Labute approximate surface area is 141 Å². The maximum atomic E-state index is 12.4. The molecule has 1 saturated heterocycles. The van der Waals surface area contributed by atoms with Crippen LogP contribution < -0.4 is 4.90 Å². The van der Waals surface area contributed by atoms with Crippen LogP contribution in [0.15, 0.2) is 42.6 Å². The molecule has 5 nitrogen and oxygen atoms in total. The lowest BCUT2D eigenvalue weighted by atomic mass is 10.00. The molecule has 0 N–H and O–H groups in total. The van der Waals surface area contributed by atoms with Gasteiger partial charge in [0.1, 0.15) is 5.69 Å². The Balaban J connectivity index is 1.47. The van der Waals surface area contributed by atoms with Crippen LogP contribution in [0.1, 0.15) is 21.6 Å². The molecular weight excluding hydrogens is 302 g/mol. The average molecular weight is 323 g/mol. The summed E-state index contributed by atoms with van der Waals surface area (Å²) < 4.78 is 5.29. The first-order valence-corrected chi connectivity index (χ1v) is 8.46. The molecule has 2 aliphatic heterocycles. The van der Waals surface area contributed by atoms with Crippen molar-refractivity contribution in [3.63, 3.8) is 0 Å². The Morgan fingerprint density at radius 1 is 1.00 bits per heavy atom. The van der Waals surface area contributed by atoms with Gasteiger partial charge in [-0.05, 0) is 29.7 Å². The van der Waals surface area contributed by atoms with Crippen molar-refractivity contribution in [1.82, 2.24) is 9.88 Å². The highest BCUT2D eigenvalue weighted by molar-refractivity contribution is 5.92. The fourth-order valence-electron chi connectivity index (χ4n) is 3.34. The van der Waals surface area contributed by atoms with Gasteiger partial charge in [-0.25, -0.2) is 4.98 Å². The van der Waals surface area contributed by atoms with E-state index in [0.717, 1.165) is 25.2 Å². The molecule has 0 saturated carbocycles. The number of ether oxygens (including phenoxy) is 1. The quantitative estimate of drug-likeness (QED) is 0.849. The van der Waals surface area contributed by atoms with E-state index < -0.39 is 0 Å². The summed E-state index contributed by atoms with van der Waals surface area (Å²) in [6.45, 7) is 4.38. The van der Waals surface area contributed by atoms with Crippen molar-refractivity contribution in [2.75, 3.05) is 37.7 Å². The number of fused-ring (bicyclic) bond motifs is 1. The lowest BCUT2D eigenvalue weighted by Crippen LogP contribution is -2.41. The summed E-state index contributed by atoms with van der Waals surface area (Å²) in [5, 5.41) is 0. The molecule has 0 atom stereocenters. The number of morpholine rings is 1. The lowest BCUT2D eigenvalue weighted by Gasteiger charge is -2.30. The van der Waals surface area contributed by atoms with Gasteiger partial charge in [-0.2, -0.15) is 0 Å². The van der Waals surface area contributed by atoms with Crippen LogP contribution in [-0.2, 0) is 17.7 Å². The first-order chi connectivity index (χ1) is 11.8. The number of hydrogen-bond donors (Lipinski definition) is 0. The molecule has 3 heterocycles. The molecule has 2 aromatic rings. The minimum Gasteiger partial charge on any atom is -0.378 e. The summed E-state index contributed by atoms with van der Waals surface area (Å²) in [7, 11) is 0. The third kappa shape index (κ3) is 2.99. The molecular formula is C19H21N3O2. The summed E-state index contributed by atoms with van der Waals surface area (Å²) in [4.78, 5) is 21.0.